The average Bonchev–Trinajstić information content (AvgIpc) is 3.14. The fourth-order valence-corrected chi connectivity index (χ4v) is 3.58. The Balaban J connectivity index is 2.17. The van der Waals surface area contributed by atoms with E-state index in [2.05, 4.69) is 15.1 Å². The van der Waals surface area contributed by atoms with Gasteiger partial charge in [-0.25, -0.2) is 14.2 Å². The minimum atomic E-state index is -4.83. The predicted molar refractivity (Wildman–Crippen MR) is 120 cm³/mol. The van der Waals surface area contributed by atoms with Crippen LogP contribution >= 0.6 is 11.6 Å². The van der Waals surface area contributed by atoms with Crippen LogP contribution in [0.1, 0.15) is 46.7 Å². The summed E-state index contributed by atoms with van der Waals surface area (Å²) in [6.07, 6.45) is -6.18. The molecule has 0 unspecified atom stereocenters. The van der Waals surface area contributed by atoms with E-state index in [9.17, 15) is 27.9 Å². The normalized spacial score (nSPS) is 12.6. The lowest BCUT2D eigenvalue weighted by Gasteiger charge is -2.19. The van der Waals surface area contributed by atoms with E-state index in [1.165, 1.54) is 6.20 Å². The van der Waals surface area contributed by atoms with Crippen molar-refractivity contribution in [2.45, 2.75) is 59.5 Å². The maximum absolute atomic E-state index is 15.1. The van der Waals surface area contributed by atoms with Crippen molar-refractivity contribution in [3.63, 3.8) is 0 Å². The summed E-state index contributed by atoms with van der Waals surface area (Å²) in [5.41, 5.74) is 0.179. The summed E-state index contributed by atoms with van der Waals surface area (Å²) in [4.78, 5) is 33.5. The SMILES string of the molecule is CCn1c(CO)nn(-c2nc(O[C@@H](C)C(F)(F)F)c(C(=O)Cc3c(Cl)ncc(C)c3C)cc2F)c1=O. The fourth-order valence-electron chi connectivity index (χ4n) is 3.33. The molecule has 3 aromatic heterocycles. The number of nitrogens with zero attached hydrogens (tertiary/aromatic N) is 5. The molecule has 1 N–H and O–H groups in total. The number of carbonyl (C=O) groups excluding carboxylic acids is 1. The third kappa shape index (κ3) is 5.26. The minimum Gasteiger partial charge on any atom is -0.464 e. The van der Waals surface area contributed by atoms with Crippen molar-refractivity contribution in [3.8, 4) is 11.7 Å². The first-order valence-electron chi connectivity index (χ1n) is 10.7. The molecule has 0 spiro atoms. The molecule has 0 aliphatic heterocycles. The van der Waals surface area contributed by atoms with Gasteiger partial charge in [-0.3, -0.25) is 9.36 Å². The van der Waals surface area contributed by atoms with Crippen molar-refractivity contribution >= 4 is 17.4 Å². The molecule has 194 valence electrons. The van der Waals surface area contributed by atoms with Crippen LogP contribution in [-0.4, -0.2) is 47.5 Å². The number of aromatic nitrogens is 5. The van der Waals surface area contributed by atoms with E-state index in [0.717, 1.165) is 10.1 Å². The van der Waals surface area contributed by atoms with Crippen LogP contribution in [0.3, 0.4) is 0 Å². The third-order valence-electron chi connectivity index (χ3n) is 5.57. The average molecular weight is 532 g/mol. The van der Waals surface area contributed by atoms with Crippen LogP contribution in [0.25, 0.3) is 5.82 Å². The molecule has 1 atom stereocenters. The van der Waals surface area contributed by atoms with Gasteiger partial charge in [-0.1, -0.05) is 11.6 Å². The molecular formula is C22H22ClF4N5O4. The smallest absolute Gasteiger partial charge is 0.425 e. The Morgan fingerprint density at radius 1 is 1.31 bits per heavy atom. The van der Waals surface area contributed by atoms with Gasteiger partial charge in [-0.2, -0.15) is 22.8 Å². The molecular weight excluding hydrogens is 510 g/mol. The van der Waals surface area contributed by atoms with Crippen molar-refractivity contribution in [1.29, 1.82) is 0 Å². The maximum Gasteiger partial charge on any atom is 0.425 e. The standard InChI is InChI=1S/C22H22ClF4N5O4/c1-5-31-17(9-33)30-32(21(31)35)19-15(24)6-14(20(29-19)36-12(4)22(25,26)27)16(34)7-13-11(3)10(2)8-28-18(13)23/h6,8,12,33H,5,7,9H2,1-4H3/t12-/m0/s1. The van der Waals surface area contributed by atoms with Gasteiger partial charge >= 0.3 is 11.9 Å². The molecule has 0 radical (unpaired) electrons. The lowest BCUT2D eigenvalue weighted by atomic mass is 9.99. The number of ether oxygens (including phenoxy) is 1. The highest BCUT2D eigenvalue weighted by molar-refractivity contribution is 6.30. The number of hydrogen-bond acceptors (Lipinski definition) is 7. The number of carbonyl (C=O) groups is 1. The molecule has 3 heterocycles. The number of aliphatic hydroxyl groups excluding tert-OH is 1. The predicted octanol–water partition coefficient (Wildman–Crippen LogP) is 3.50. The molecule has 3 rings (SSSR count). The number of aryl methyl sites for hydroxylation is 1. The van der Waals surface area contributed by atoms with Crippen LogP contribution in [0.4, 0.5) is 17.6 Å². The monoisotopic (exact) mass is 531 g/mol. The first-order valence-corrected chi connectivity index (χ1v) is 11.1. The van der Waals surface area contributed by atoms with Crippen molar-refractivity contribution in [1.82, 2.24) is 24.3 Å². The molecule has 0 aliphatic rings. The van der Waals surface area contributed by atoms with Crippen LogP contribution < -0.4 is 10.4 Å². The first kappa shape index (κ1) is 27.3. The van der Waals surface area contributed by atoms with Gasteiger partial charge in [0, 0.05) is 24.7 Å². The molecule has 0 fully saturated rings. The molecule has 0 bridgehead atoms. The molecule has 0 saturated heterocycles. The third-order valence-corrected chi connectivity index (χ3v) is 5.90. The van der Waals surface area contributed by atoms with E-state index in [0.29, 0.717) is 28.8 Å². The molecule has 0 aliphatic carbocycles. The van der Waals surface area contributed by atoms with Gasteiger partial charge in [0.1, 0.15) is 11.8 Å². The van der Waals surface area contributed by atoms with Crippen molar-refractivity contribution in [3.05, 3.63) is 61.8 Å². The number of aliphatic hydroxyl groups is 1. The van der Waals surface area contributed by atoms with Gasteiger partial charge < -0.3 is 9.84 Å². The van der Waals surface area contributed by atoms with Crippen LogP contribution in [0.5, 0.6) is 5.88 Å². The van der Waals surface area contributed by atoms with E-state index in [4.69, 9.17) is 16.3 Å². The Hall–Kier alpha value is -3.32. The Morgan fingerprint density at radius 2 is 1.97 bits per heavy atom. The summed E-state index contributed by atoms with van der Waals surface area (Å²) < 4.78 is 61.3. The van der Waals surface area contributed by atoms with Crippen molar-refractivity contribution < 1.29 is 32.2 Å². The number of hydrogen-bond donors (Lipinski definition) is 1. The highest BCUT2D eigenvalue weighted by Gasteiger charge is 2.39. The first-order chi connectivity index (χ1) is 16.8. The minimum absolute atomic E-state index is 0.0100. The van der Waals surface area contributed by atoms with Gasteiger partial charge in [0.15, 0.2) is 29.3 Å². The Morgan fingerprint density at radius 3 is 2.53 bits per heavy atom. The van der Waals surface area contributed by atoms with Gasteiger partial charge in [0.05, 0.1) is 5.56 Å². The summed E-state index contributed by atoms with van der Waals surface area (Å²) in [6, 6.07) is 0.631. The van der Waals surface area contributed by atoms with Crippen LogP contribution in [0.2, 0.25) is 5.15 Å². The summed E-state index contributed by atoms with van der Waals surface area (Å²) in [6.45, 7) is 5.10. The second-order valence-corrected chi connectivity index (χ2v) is 8.25. The van der Waals surface area contributed by atoms with E-state index < -0.39 is 59.9 Å². The Labute approximate surface area is 207 Å². The van der Waals surface area contributed by atoms with Crippen LogP contribution in [0, 0.1) is 19.7 Å². The largest absolute Gasteiger partial charge is 0.464 e. The second kappa shape index (κ2) is 10.3. The van der Waals surface area contributed by atoms with E-state index in [1.807, 2.05) is 0 Å². The number of alkyl halides is 3. The van der Waals surface area contributed by atoms with Gasteiger partial charge in [-0.05, 0) is 44.9 Å². The van der Waals surface area contributed by atoms with Crippen molar-refractivity contribution in [2.75, 3.05) is 0 Å². The summed E-state index contributed by atoms with van der Waals surface area (Å²) in [5.74, 6) is -3.82. The molecule has 36 heavy (non-hydrogen) atoms. The quantitative estimate of drug-likeness (QED) is 0.269. The molecule has 3 aromatic rings. The molecule has 14 heteroatoms. The van der Waals surface area contributed by atoms with Gasteiger partial charge in [-0.15, -0.1) is 5.10 Å². The molecule has 0 amide bonds. The molecule has 0 saturated carbocycles. The Kier molecular flexibility index (Phi) is 7.84. The highest BCUT2D eigenvalue weighted by atomic mass is 35.5. The van der Waals surface area contributed by atoms with E-state index >= 15 is 4.39 Å². The highest BCUT2D eigenvalue weighted by Crippen LogP contribution is 2.30. The number of rotatable bonds is 8. The second-order valence-electron chi connectivity index (χ2n) is 7.90. The lowest BCUT2D eigenvalue weighted by Crippen LogP contribution is -2.32. The number of ketones is 1. The molecule has 9 nitrogen and oxygen atoms in total. The zero-order valence-electron chi connectivity index (χ0n) is 19.7. The van der Waals surface area contributed by atoms with Gasteiger partial charge in [0.2, 0.25) is 5.88 Å². The molecule has 0 aromatic carbocycles. The van der Waals surface area contributed by atoms with Gasteiger partial charge in [0.25, 0.3) is 0 Å². The summed E-state index contributed by atoms with van der Waals surface area (Å²) >= 11 is 6.11. The number of pyridine rings is 2. The van der Waals surface area contributed by atoms with Crippen LogP contribution in [-0.2, 0) is 19.6 Å². The zero-order valence-corrected chi connectivity index (χ0v) is 20.4. The van der Waals surface area contributed by atoms with Crippen molar-refractivity contribution in [2.24, 2.45) is 0 Å². The fraction of sp³-hybridized carbons (Fsp3) is 0.409. The van der Waals surface area contributed by atoms with E-state index in [-0.39, 0.29) is 17.5 Å². The number of Topliss-reactive ketones (excluding diaryl/α,β-unsaturated/α-hetero) is 1. The van der Waals surface area contributed by atoms with Crippen LogP contribution in [0.15, 0.2) is 17.1 Å². The zero-order chi connectivity index (χ0) is 26.9. The van der Waals surface area contributed by atoms with E-state index in [1.54, 1.807) is 20.8 Å². The maximum atomic E-state index is 15.1. The summed E-state index contributed by atoms with van der Waals surface area (Å²) in [7, 11) is 0. The topological polar surface area (TPSA) is 112 Å². The lowest BCUT2D eigenvalue weighted by molar-refractivity contribution is -0.190. The Bertz CT molecular complexity index is 1370. The summed E-state index contributed by atoms with van der Waals surface area (Å²) in [5, 5.41) is 13.2. The number of halogens is 5.